The van der Waals surface area contributed by atoms with Crippen LogP contribution in [0.2, 0.25) is 0 Å². The predicted molar refractivity (Wildman–Crippen MR) is 133 cm³/mol. The van der Waals surface area contributed by atoms with Gasteiger partial charge in [0.15, 0.2) is 0 Å². The molecule has 0 atom stereocenters. The van der Waals surface area contributed by atoms with Gasteiger partial charge in [0.05, 0.1) is 29.3 Å². The molecule has 4 rings (SSSR count). The number of hydrogen-bond donors (Lipinski definition) is 0. The Kier molecular flexibility index (Phi) is 8.82. The Morgan fingerprint density at radius 1 is 0.786 bits per heavy atom. The molecule has 0 saturated heterocycles. The van der Waals surface area contributed by atoms with E-state index in [0.717, 1.165) is 42.6 Å². The summed E-state index contributed by atoms with van der Waals surface area (Å²) in [7, 11) is 2.86. The van der Waals surface area contributed by atoms with Crippen LogP contribution in [0.3, 0.4) is 0 Å². The average molecular weight is 610 g/mol. The average Bonchev–Trinajstić information content (AvgIpc) is 3.18. The van der Waals surface area contributed by atoms with E-state index in [-0.39, 0.29) is 24.1 Å². The van der Waals surface area contributed by atoms with Gasteiger partial charge in [-0.1, -0.05) is 36.8 Å². The Hall–Kier alpha value is -3.36. The molecular formula is C27H28F9N5O. The minimum Gasteiger partial charge on any atom is -0.374 e. The van der Waals surface area contributed by atoms with Gasteiger partial charge >= 0.3 is 18.5 Å². The monoisotopic (exact) mass is 609 g/mol. The van der Waals surface area contributed by atoms with Crippen LogP contribution < -0.4 is 4.90 Å². The fourth-order valence-corrected chi connectivity index (χ4v) is 5.36. The number of tetrazole rings is 1. The summed E-state index contributed by atoms with van der Waals surface area (Å²) >= 11 is 0. The zero-order valence-corrected chi connectivity index (χ0v) is 22.7. The first-order chi connectivity index (χ1) is 19.5. The van der Waals surface area contributed by atoms with Crippen LogP contribution in [0.4, 0.5) is 45.5 Å². The molecule has 0 bridgehead atoms. The minimum absolute atomic E-state index is 0.00766. The molecule has 0 amide bonds. The van der Waals surface area contributed by atoms with E-state index >= 15 is 0 Å². The minimum atomic E-state index is -5.08. The van der Waals surface area contributed by atoms with Gasteiger partial charge in [-0.05, 0) is 65.1 Å². The molecule has 3 aromatic rings. The second-order valence-corrected chi connectivity index (χ2v) is 10.3. The zero-order chi connectivity index (χ0) is 30.9. The number of hydrogen-bond acceptors (Lipinski definition) is 5. The van der Waals surface area contributed by atoms with Crippen LogP contribution in [0.5, 0.6) is 0 Å². The molecule has 230 valence electrons. The molecule has 0 N–H and O–H groups in total. The van der Waals surface area contributed by atoms with Crippen LogP contribution in [0.1, 0.15) is 71.9 Å². The van der Waals surface area contributed by atoms with Crippen LogP contribution in [-0.2, 0) is 49.0 Å². The van der Waals surface area contributed by atoms with Crippen molar-refractivity contribution in [3.8, 4) is 0 Å². The van der Waals surface area contributed by atoms with Crippen molar-refractivity contribution in [2.75, 3.05) is 12.0 Å². The van der Waals surface area contributed by atoms with Crippen LogP contribution >= 0.6 is 0 Å². The summed E-state index contributed by atoms with van der Waals surface area (Å²) in [5.74, 6) is -0.195. The van der Waals surface area contributed by atoms with E-state index in [1.807, 2.05) is 0 Å². The molecule has 0 radical (unpaired) electrons. The number of ether oxygens (including phenoxy) is 1. The summed E-state index contributed by atoms with van der Waals surface area (Å²) in [5.41, 5.74) is -4.75. The lowest BCUT2D eigenvalue weighted by atomic mass is 9.82. The molecule has 1 aliphatic rings. The first-order valence-electron chi connectivity index (χ1n) is 13.0. The molecule has 0 aliphatic heterocycles. The quantitative estimate of drug-likeness (QED) is 0.203. The highest BCUT2D eigenvalue weighted by molar-refractivity contribution is 5.43. The van der Waals surface area contributed by atoms with Crippen molar-refractivity contribution >= 4 is 5.95 Å². The first-order valence-corrected chi connectivity index (χ1v) is 13.0. The lowest BCUT2D eigenvalue weighted by molar-refractivity contribution is -0.143. The third kappa shape index (κ3) is 7.16. The van der Waals surface area contributed by atoms with Crippen LogP contribution in [-0.4, -0.2) is 27.3 Å². The smallest absolute Gasteiger partial charge is 0.374 e. The molecule has 42 heavy (non-hydrogen) atoms. The van der Waals surface area contributed by atoms with Gasteiger partial charge in [0.1, 0.15) is 0 Å². The molecule has 2 aromatic carbocycles. The summed E-state index contributed by atoms with van der Waals surface area (Å²) in [6, 6.07) is 4.34. The molecule has 0 spiro atoms. The number of nitrogens with zero attached hydrogens (tertiary/aromatic N) is 5. The van der Waals surface area contributed by atoms with Crippen molar-refractivity contribution in [1.82, 2.24) is 20.2 Å². The Bertz CT molecular complexity index is 1340. The van der Waals surface area contributed by atoms with Crippen molar-refractivity contribution in [2.24, 2.45) is 7.05 Å². The Balaban J connectivity index is 1.85. The standard InChI is InChI=1S/C27H28F9N5O/c1-40-38-23(37-39-40)41(15-17-11-20(26(31,32)33)14-21(12-17)27(34,35)36)16-18-13-19(25(28,29)30)7-8-22(18)24(42-2)9-5-3-4-6-10-24/h7-8,11-14H,3-6,9-10,15-16H2,1-2H3. The lowest BCUT2D eigenvalue weighted by Gasteiger charge is -2.35. The fourth-order valence-electron chi connectivity index (χ4n) is 5.36. The number of halogens is 9. The summed E-state index contributed by atoms with van der Waals surface area (Å²) in [4.78, 5) is 2.21. The van der Waals surface area contributed by atoms with Crippen LogP contribution in [0.15, 0.2) is 36.4 Å². The Morgan fingerprint density at radius 2 is 1.36 bits per heavy atom. The van der Waals surface area contributed by atoms with E-state index < -0.39 is 52.9 Å². The molecule has 1 aliphatic carbocycles. The van der Waals surface area contributed by atoms with Gasteiger partial charge in [-0.2, -0.15) is 44.3 Å². The summed E-state index contributed by atoms with van der Waals surface area (Å²) in [5, 5.41) is 11.6. The maximum Gasteiger partial charge on any atom is 0.416 e. The van der Waals surface area contributed by atoms with Crippen LogP contribution in [0.25, 0.3) is 0 Å². The molecule has 1 heterocycles. The molecule has 1 aromatic heterocycles. The van der Waals surface area contributed by atoms with Crippen molar-refractivity contribution in [2.45, 2.75) is 75.7 Å². The van der Waals surface area contributed by atoms with Crippen LogP contribution in [0, 0.1) is 0 Å². The number of aromatic nitrogens is 4. The highest BCUT2D eigenvalue weighted by atomic mass is 19.4. The highest BCUT2D eigenvalue weighted by Gasteiger charge is 2.39. The molecule has 1 fully saturated rings. The maximum atomic E-state index is 13.8. The van der Waals surface area contributed by atoms with Gasteiger partial charge in [-0.25, -0.2) is 0 Å². The summed E-state index contributed by atoms with van der Waals surface area (Å²) in [6.07, 6.45) is -10.5. The van der Waals surface area contributed by atoms with Crippen molar-refractivity contribution < 1.29 is 44.3 Å². The predicted octanol–water partition coefficient (Wildman–Crippen LogP) is 7.67. The van der Waals surface area contributed by atoms with E-state index in [1.165, 1.54) is 25.1 Å². The summed E-state index contributed by atoms with van der Waals surface area (Å²) in [6.45, 7) is -0.970. The van der Waals surface area contributed by atoms with Gasteiger partial charge in [-0.3, -0.25) is 0 Å². The Morgan fingerprint density at radius 3 is 1.83 bits per heavy atom. The second kappa shape index (κ2) is 11.7. The first kappa shape index (κ1) is 31.6. The zero-order valence-electron chi connectivity index (χ0n) is 22.7. The van der Waals surface area contributed by atoms with E-state index in [4.69, 9.17) is 4.74 Å². The SMILES string of the molecule is COC1(c2ccc(C(F)(F)F)cc2CN(Cc2cc(C(F)(F)F)cc(C(F)(F)F)c2)c2nnn(C)n2)CCCCCC1. The number of rotatable bonds is 7. The largest absolute Gasteiger partial charge is 0.416 e. The molecular weight excluding hydrogens is 581 g/mol. The van der Waals surface area contributed by atoms with Crippen molar-refractivity contribution in [3.05, 3.63) is 69.8 Å². The molecule has 1 saturated carbocycles. The van der Waals surface area contributed by atoms with Crippen molar-refractivity contribution in [3.63, 3.8) is 0 Å². The number of methoxy groups -OCH3 is 1. The highest BCUT2D eigenvalue weighted by Crippen LogP contribution is 2.43. The number of alkyl halides is 9. The summed E-state index contributed by atoms with van der Waals surface area (Å²) < 4.78 is 129. The molecule has 6 nitrogen and oxygen atoms in total. The molecule has 15 heteroatoms. The fraction of sp³-hybridized carbons (Fsp3) is 0.519. The third-order valence-electron chi connectivity index (χ3n) is 7.39. The van der Waals surface area contributed by atoms with E-state index in [2.05, 4.69) is 15.4 Å². The third-order valence-corrected chi connectivity index (χ3v) is 7.39. The second-order valence-electron chi connectivity index (χ2n) is 10.3. The Labute approximate surface area is 235 Å². The number of benzene rings is 2. The topological polar surface area (TPSA) is 56.1 Å². The van der Waals surface area contributed by atoms with E-state index in [0.29, 0.717) is 30.5 Å². The van der Waals surface area contributed by atoms with E-state index in [1.54, 1.807) is 0 Å². The lowest BCUT2D eigenvalue weighted by Crippen LogP contribution is -2.32. The normalized spacial score (nSPS) is 16.4. The number of aryl methyl sites for hydroxylation is 1. The van der Waals surface area contributed by atoms with Gasteiger partial charge in [-0.15, -0.1) is 5.10 Å². The maximum absolute atomic E-state index is 13.8. The van der Waals surface area contributed by atoms with Gasteiger partial charge in [0.2, 0.25) is 0 Å². The van der Waals surface area contributed by atoms with Gasteiger partial charge < -0.3 is 9.64 Å². The van der Waals surface area contributed by atoms with E-state index in [9.17, 15) is 39.5 Å². The van der Waals surface area contributed by atoms with Gasteiger partial charge in [0.25, 0.3) is 5.95 Å². The van der Waals surface area contributed by atoms with Crippen molar-refractivity contribution in [1.29, 1.82) is 0 Å². The number of anilines is 1. The molecule has 0 unspecified atom stereocenters. The van der Waals surface area contributed by atoms with Gasteiger partial charge in [0, 0.05) is 20.2 Å².